The first-order chi connectivity index (χ1) is 13.4. The highest BCUT2D eigenvalue weighted by Gasteiger charge is 2.24. The number of ether oxygens (including phenoxy) is 3. The van der Waals surface area contributed by atoms with E-state index in [4.69, 9.17) is 14.2 Å². The smallest absolute Gasteiger partial charge is 0.342 e. The van der Waals surface area contributed by atoms with Gasteiger partial charge in [0.15, 0.2) is 18.1 Å². The second kappa shape index (κ2) is 8.21. The number of fused-ring (bicyclic) bond motifs is 1. The lowest BCUT2D eigenvalue weighted by Crippen LogP contribution is -2.38. The van der Waals surface area contributed by atoms with Crippen molar-refractivity contribution in [2.45, 2.75) is 19.9 Å². The van der Waals surface area contributed by atoms with E-state index in [2.05, 4.69) is 0 Å². The van der Waals surface area contributed by atoms with Gasteiger partial charge in [-0.15, -0.1) is 0 Å². The predicted octanol–water partition coefficient (Wildman–Crippen LogP) is 2.46. The first kappa shape index (κ1) is 19.5. The second-order valence-corrected chi connectivity index (χ2v) is 6.59. The van der Waals surface area contributed by atoms with Gasteiger partial charge in [-0.05, 0) is 48.2 Å². The Kier molecular flexibility index (Phi) is 5.73. The summed E-state index contributed by atoms with van der Waals surface area (Å²) in [5.74, 6) is 0.122. The summed E-state index contributed by atoms with van der Waals surface area (Å²) in [4.78, 5) is 26.3. The van der Waals surface area contributed by atoms with Crippen molar-refractivity contribution in [3.8, 4) is 17.2 Å². The average molecular weight is 385 g/mol. The number of aryl methyl sites for hydroxylation is 1. The standard InChI is InChI=1S/C21H23NO6/c1-13-5-4-6-16(20(13)24)21(25)28-12-19(23)22-8-7-14-9-17(26-2)18(27-3)10-15(14)11-22/h4-6,9-10,24H,7-8,11-12H2,1-3H3. The van der Waals surface area contributed by atoms with E-state index in [0.29, 0.717) is 36.6 Å². The Bertz CT molecular complexity index is 908. The van der Waals surface area contributed by atoms with Crippen LogP contribution in [0.1, 0.15) is 27.0 Å². The molecule has 28 heavy (non-hydrogen) atoms. The van der Waals surface area contributed by atoms with Crippen molar-refractivity contribution in [2.24, 2.45) is 0 Å². The zero-order valence-corrected chi connectivity index (χ0v) is 16.2. The van der Waals surface area contributed by atoms with Gasteiger partial charge in [0.25, 0.3) is 5.91 Å². The number of benzene rings is 2. The minimum absolute atomic E-state index is 0.0496. The number of phenolic OH excluding ortho intramolecular Hbond substituents is 1. The van der Waals surface area contributed by atoms with Crippen molar-refractivity contribution in [3.05, 3.63) is 52.6 Å². The minimum Gasteiger partial charge on any atom is -0.507 e. The van der Waals surface area contributed by atoms with Crippen molar-refractivity contribution < 1.29 is 28.9 Å². The maximum atomic E-state index is 12.5. The van der Waals surface area contributed by atoms with Gasteiger partial charge in [0.2, 0.25) is 0 Å². The SMILES string of the molecule is COc1cc2c(cc1OC)CN(C(=O)COC(=O)c1cccc(C)c1O)CC2. The molecule has 148 valence electrons. The molecule has 0 atom stereocenters. The fourth-order valence-electron chi connectivity index (χ4n) is 3.22. The van der Waals surface area contributed by atoms with E-state index in [0.717, 1.165) is 11.1 Å². The molecule has 0 aromatic heterocycles. The van der Waals surface area contributed by atoms with Crippen molar-refractivity contribution in [1.29, 1.82) is 0 Å². The zero-order chi connectivity index (χ0) is 20.3. The van der Waals surface area contributed by atoms with Crippen LogP contribution >= 0.6 is 0 Å². The molecule has 0 unspecified atom stereocenters. The number of para-hydroxylation sites is 1. The third kappa shape index (κ3) is 3.88. The minimum atomic E-state index is -0.724. The number of amides is 1. The fraction of sp³-hybridized carbons (Fsp3) is 0.333. The fourth-order valence-corrected chi connectivity index (χ4v) is 3.22. The number of hydrogen-bond donors (Lipinski definition) is 1. The molecule has 1 N–H and O–H groups in total. The van der Waals surface area contributed by atoms with E-state index in [9.17, 15) is 14.7 Å². The maximum absolute atomic E-state index is 12.5. The van der Waals surface area contributed by atoms with Gasteiger partial charge in [-0.1, -0.05) is 12.1 Å². The van der Waals surface area contributed by atoms with Gasteiger partial charge in [0.05, 0.1) is 14.2 Å². The van der Waals surface area contributed by atoms with Crippen LogP contribution in [0.4, 0.5) is 0 Å². The van der Waals surface area contributed by atoms with Gasteiger partial charge in [0.1, 0.15) is 11.3 Å². The maximum Gasteiger partial charge on any atom is 0.342 e. The molecule has 0 saturated carbocycles. The molecule has 0 saturated heterocycles. The molecule has 1 heterocycles. The first-order valence-electron chi connectivity index (χ1n) is 8.91. The van der Waals surface area contributed by atoms with Gasteiger partial charge >= 0.3 is 5.97 Å². The Morgan fingerprint density at radius 2 is 1.79 bits per heavy atom. The number of hydrogen-bond acceptors (Lipinski definition) is 6. The summed E-state index contributed by atoms with van der Waals surface area (Å²) in [5, 5.41) is 9.97. The third-order valence-electron chi connectivity index (χ3n) is 4.86. The summed E-state index contributed by atoms with van der Waals surface area (Å²) in [7, 11) is 3.15. The number of aromatic hydroxyl groups is 1. The van der Waals surface area contributed by atoms with Crippen molar-refractivity contribution >= 4 is 11.9 Å². The van der Waals surface area contributed by atoms with Crippen LogP contribution in [0.2, 0.25) is 0 Å². The molecule has 1 aliphatic heterocycles. The summed E-state index contributed by atoms with van der Waals surface area (Å²) in [6, 6.07) is 8.59. The van der Waals surface area contributed by atoms with Crippen LogP contribution in [-0.4, -0.2) is 49.3 Å². The van der Waals surface area contributed by atoms with Crippen LogP contribution in [0.3, 0.4) is 0 Å². The number of esters is 1. The normalized spacial score (nSPS) is 12.9. The molecule has 2 aromatic rings. The topological polar surface area (TPSA) is 85.3 Å². The first-order valence-corrected chi connectivity index (χ1v) is 8.91. The molecule has 0 fully saturated rings. The van der Waals surface area contributed by atoms with Gasteiger partial charge in [0, 0.05) is 13.1 Å². The lowest BCUT2D eigenvalue weighted by molar-refractivity contribution is -0.135. The molecule has 0 spiro atoms. The monoisotopic (exact) mass is 385 g/mol. The van der Waals surface area contributed by atoms with E-state index in [1.165, 1.54) is 6.07 Å². The summed E-state index contributed by atoms with van der Waals surface area (Å²) < 4.78 is 15.8. The second-order valence-electron chi connectivity index (χ2n) is 6.59. The Hall–Kier alpha value is -3.22. The van der Waals surface area contributed by atoms with Gasteiger partial charge < -0.3 is 24.2 Å². The van der Waals surface area contributed by atoms with Gasteiger partial charge in [-0.2, -0.15) is 0 Å². The summed E-state index contributed by atoms with van der Waals surface area (Å²) in [6.45, 7) is 2.23. The highest BCUT2D eigenvalue weighted by molar-refractivity contribution is 5.94. The van der Waals surface area contributed by atoms with Crippen molar-refractivity contribution in [3.63, 3.8) is 0 Å². The van der Waals surface area contributed by atoms with Crippen molar-refractivity contribution in [1.82, 2.24) is 4.90 Å². The molecule has 3 rings (SSSR count). The zero-order valence-electron chi connectivity index (χ0n) is 16.2. The summed E-state index contributed by atoms with van der Waals surface area (Å²) in [5.41, 5.74) is 2.69. The number of rotatable bonds is 5. The largest absolute Gasteiger partial charge is 0.507 e. The van der Waals surface area contributed by atoms with Crippen LogP contribution < -0.4 is 9.47 Å². The van der Waals surface area contributed by atoms with E-state index >= 15 is 0 Å². The van der Waals surface area contributed by atoms with E-state index in [1.807, 2.05) is 12.1 Å². The van der Waals surface area contributed by atoms with Crippen LogP contribution in [-0.2, 0) is 22.5 Å². The molecule has 0 bridgehead atoms. The molecule has 2 aromatic carbocycles. The number of carbonyl (C=O) groups excluding carboxylic acids is 2. The Labute approximate surface area is 163 Å². The summed E-state index contributed by atoms with van der Waals surface area (Å²) >= 11 is 0. The highest BCUT2D eigenvalue weighted by Crippen LogP contribution is 2.33. The molecule has 1 amide bonds. The lowest BCUT2D eigenvalue weighted by atomic mass is 9.99. The molecule has 7 nitrogen and oxygen atoms in total. The Morgan fingerprint density at radius 3 is 2.46 bits per heavy atom. The molecule has 1 aliphatic rings. The third-order valence-corrected chi connectivity index (χ3v) is 4.86. The van der Waals surface area contributed by atoms with E-state index in [-0.39, 0.29) is 23.8 Å². The van der Waals surface area contributed by atoms with Crippen molar-refractivity contribution in [2.75, 3.05) is 27.4 Å². The number of nitrogens with zero attached hydrogens (tertiary/aromatic N) is 1. The molecular weight excluding hydrogens is 362 g/mol. The summed E-state index contributed by atoms with van der Waals surface area (Å²) in [6.07, 6.45) is 0.675. The van der Waals surface area contributed by atoms with Crippen LogP contribution in [0, 0.1) is 6.92 Å². The quantitative estimate of drug-likeness (QED) is 0.796. The van der Waals surface area contributed by atoms with Gasteiger partial charge in [-0.3, -0.25) is 4.79 Å². The molecular formula is C21H23NO6. The van der Waals surface area contributed by atoms with Crippen LogP contribution in [0.15, 0.2) is 30.3 Å². The van der Waals surface area contributed by atoms with Crippen LogP contribution in [0.5, 0.6) is 17.2 Å². The van der Waals surface area contributed by atoms with E-state index in [1.54, 1.807) is 38.2 Å². The number of methoxy groups -OCH3 is 2. The Morgan fingerprint density at radius 1 is 1.11 bits per heavy atom. The van der Waals surface area contributed by atoms with E-state index < -0.39 is 5.97 Å². The highest BCUT2D eigenvalue weighted by atomic mass is 16.5. The Balaban J connectivity index is 1.65. The van der Waals surface area contributed by atoms with Gasteiger partial charge in [-0.25, -0.2) is 4.79 Å². The molecule has 0 aliphatic carbocycles. The molecule has 7 heteroatoms. The average Bonchev–Trinajstić information content (AvgIpc) is 2.72. The van der Waals surface area contributed by atoms with Crippen LogP contribution in [0.25, 0.3) is 0 Å². The number of carbonyl (C=O) groups is 2. The number of phenols is 1. The molecule has 0 radical (unpaired) electrons. The predicted molar refractivity (Wildman–Crippen MR) is 102 cm³/mol. The lowest BCUT2D eigenvalue weighted by Gasteiger charge is -2.29.